The number of aliphatic hydroxyl groups is 1. The van der Waals surface area contributed by atoms with Crippen LogP contribution in [0.2, 0.25) is 0 Å². The summed E-state index contributed by atoms with van der Waals surface area (Å²) in [6, 6.07) is 18.6. The molecular formula is C28H26FNO4. The molecule has 6 heteroatoms. The van der Waals surface area contributed by atoms with Crippen LogP contribution >= 0.6 is 0 Å². The predicted molar refractivity (Wildman–Crippen MR) is 129 cm³/mol. The van der Waals surface area contributed by atoms with Gasteiger partial charge in [-0.15, -0.1) is 0 Å². The SMILES string of the molecule is CCOc1ccc(/C(O)=C2\C(=O)C(=O)N(c3ccccc3)C2c2ccccc2F)cc1C(C)C. The summed E-state index contributed by atoms with van der Waals surface area (Å²) in [7, 11) is 0. The summed E-state index contributed by atoms with van der Waals surface area (Å²) >= 11 is 0. The summed E-state index contributed by atoms with van der Waals surface area (Å²) in [6.45, 7) is 6.36. The average Bonchev–Trinajstić information content (AvgIpc) is 3.10. The zero-order valence-electron chi connectivity index (χ0n) is 19.3. The fourth-order valence-corrected chi connectivity index (χ4v) is 4.27. The largest absolute Gasteiger partial charge is 0.507 e. The number of hydrogen-bond donors (Lipinski definition) is 1. The number of amides is 1. The Balaban J connectivity index is 1.94. The van der Waals surface area contributed by atoms with Crippen molar-refractivity contribution in [2.75, 3.05) is 11.5 Å². The molecule has 1 heterocycles. The highest BCUT2D eigenvalue weighted by molar-refractivity contribution is 6.51. The molecule has 0 bridgehead atoms. The van der Waals surface area contributed by atoms with Crippen molar-refractivity contribution in [3.8, 4) is 5.75 Å². The third kappa shape index (κ3) is 4.07. The summed E-state index contributed by atoms with van der Waals surface area (Å²) < 4.78 is 20.7. The van der Waals surface area contributed by atoms with E-state index in [1.165, 1.54) is 23.1 Å². The minimum absolute atomic E-state index is 0.0865. The van der Waals surface area contributed by atoms with Crippen LogP contribution in [0.25, 0.3) is 5.76 Å². The second-order valence-electron chi connectivity index (χ2n) is 8.37. The Hall–Kier alpha value is -3.93. The molecule has 3 aromatic carbocycles. The average molecular weight is 460 g/mol. The number of nitrogens with zero attached hydrogens (tertiary/aromatic N) is 1. The summed E-state index contributed by atoms with van der Waals surface area (Å²) in [6.07, 6.45) is 0. The van der Waals surface area contributed by atoms with Crippen LogP contribution in [0.4, 0.5) is 10.1 Å². The molecule has 1 aliphatic rings. The molecule has 0 aliphatic carbocycles. The number of carbonyl (C=O) groups is 2. The number of anilines is 1. The Morgan fingerprint density at radius 2 is 1.71 bits per heavy atom. The van der Waals surface area contributed by atoms with Crippen molar-refractivity contribution in [1.82, 2.24) is 0 Å². The fourth-order valence-electron chi connectivity index (χ4n) is 4.27. The molecule has 4 rings (SSSR count). The molecule has 0 spiro atoms. The number of benzene rings is 3. The van der Waals surface area contributed by atoms with E-state index >= 15 is 0 Å². The highest BCUT2D eigenvalue weighted by atomic mass is 19.1. The van der Waals surface area contributed by atoms with Crippen molar-refractivity contribution in [2.24, 2.45) is 0 Å². The van der Waals surface area contributed by atoms with Crippen molar-refractivity contribution in [3.05, 3.63) is 101 Å². The number of para-hydroxylation sites is 1. The molecule has 1 aliphatic heterocycles. The van der Waals surface area contributed by atoms with E-state index in [1.807, 2.05) is 20.8 Å². The van der Waals surface area contributed by atoms with Crippen molar-refractivity contribution in [3.63, 3.8) is 0 Å². The first-order valence-electron chi connectivity index (χ1n) is 11.2. The first-order chi connectivity index (χ1) is 16.3. The van der Waals surface area contributed by atoms with Gasteiger partial charge in [-0.05, 0) is 54.8 Å². The van der Waals surface area contributed by atoms with Gasteiger partial charge in [-0.25, -0.2) is 4.39 Å². The lowest BCUT2D eigenvalue weighted by Gasteiger charge is -2.25. The van der Waals surface area contributed by atoms with E-state index in [0.29, 0.717) is 23.6 Å². The number of Topliss-reactive ketones (excluding diaryl/α,β-unsaturated/α-hetero) is 1. The minimum Gasteiger partial charge on any atom is -0.507 e. The van der Waals surface area contributed by atoms with Crippen molar-refractivity contribution >= 4 is 23.1 Å². The summed E-state index contributed by atoms with van der Waals surface area (Å²) in [5, 5.41) is 11.3. The lowest BCUT2D eigenvalue weighted by Crippen LogP contribution is -2.29. The maximum absolute atomic E-state index is 15.0. The molecule has 1 N–H and O–H groups in total. The number of rotatable bonds is 6. The fraction of sp³-hybridized carbons (Fsp3) is 0.214. The molecule has 1 amide bonds. The minimum atomic E-state index is -1.11. The molecule has 0 saturated carbocycles. The van der Waals surface area contributed by atoms with Gasteiger partial charge in [0.25, 0.3) is 11.7 Å². The van der Waals surface area contributed by atoms with Gasteiger partial charge >= 0.3 is 0 Å². The second-order valence-corrected chi connectivity index (χ2v) is 8.37. The normalized spacial score (nSPS) is 17.4. The van der Waals surface area contributed by atoms with E-state index in [9.17, 15) is 19.1 Å². The summed E-state index contributed by atoms with van der Waals surface area (Å²) in [5.41, 5.74) is 1.62. The predicted octanol–water partition coefficient (Wildman–Crippen LogP) is 5.97. The molecule has 5 nitrogen and oxygen atoms in total. The topological polar surface area (TPSA) is 66.8 Å². The van der Waals surface area contributed by atoms with Crippen LogP contribution in [0, 0.1) is 5.82 Å². The Kier molecular flexibility index (Phi) is 6.50. The van der Waals surface area contributed by atoms with Gasteiger partial charge in [-0.1, -0.05) is 50.2 Å². The van der Waals surface area contributed by atoms with Crippen LogP contribution in [0.15, 0.2) is 78.4 Å². The van der Waals surface area contributed by atoms with Gasteiger partial charge in [0, 0.05) is 16.8 Å². The smallest absolute Gasteiger partial charge is 0.300 e. The van der Waals surface area contributed by atoms with Crippen LogP contribution in [0.3, 0.4) is 0 Å². The van der Waals surface area contributed by atoms with Gasteiger partial charge in [-0.2, -0.15) is 0 Å². The van der Waals surface area contributed by atoms with Crippen LogP contribution < -0.4 is 9.64 Å². The number of aliphatic hydroxyl groups excluding tert-OH is 1. The van der Waals surface area contributed by atoms with Crippen molar-refractivity contribution in [2.45, 2.75) is 32.7 Å². The van der Waals surface area contributed by atoms with Crippen LogP contribution in [0.5, 0.6) is 5.75 Å². The molecule has 1 unspecified atom stereocenters. The molecule has 174 valence electrons. The van der Waals surface area contributed by atoms with Crippen LogP contribution in [-0.2, 0) is 9.59 Å². The third-order valence-corrected chi connectivity index (χ3v) is 5.88. The van der Waals surface area contributed by atoms with Crippen LogP contribution in [-0.4, -0.2) is 23.4 Å². The summed E-state index contributed by atoms with van der Waals surface area (Å²) in [4.78, 5) is 27.6. The summed E-state index contributed by atoms with van der Waals surface area (Å²) in [5.74, 6) is -1.84. The van der Waals surface area contributed by atoms with E-state index in [0.717, 1.165) is 5.56 Å². The number of hydrogen-bond acceptors (Lipinski definition) is 4. The molecule has 1 fully saturated rings. The van der Waals surface area contributed by atoms with Gasteiger partial charge in [-0.3, -0.25) is 14.5 Å². The highest BCUT2D eigenvalue weighted by Crippen LogP contribution is 2.43. The van der Waals surface area contributed by atoms with E-state index in [4.69, 9.17) is 4.74 Å². The standard InChI is InChI=1S/C28H26FNO4/c1-4-34-23-15-14-18(16-21(23)17(2)3)26(31)24-25(20-12-8-9-13-22(20)29)30(28(33)27(24)32)19-10-6-5-7-11-19/h5-17,25,31H,4H2,1-3H3/b26-24+. The Morgan fingerprint density at radius 3 is 2.35 bits per heavy atom. The van der Waals surface area contributed by atoms with Gasteiger partial charge in [0.1, 0.15) is 17.3 Å². The monoisotopic (exact) mass is 459 g/mol. The van der Waals surface area contributed by atoms with Gasteiger partial charge < -0.3 is 9.84 Å². The van der Waals surface area contributed by atoms with E-state index in [2.05, 4.69) is 0 Å². The number of ketones is 1. The molecule has 1 atom stereocenters. The number of carbonyl (C=O) groups excluding carboxylic acids is 2. The van der Waals surface area contributed by atoms with Crippen molar-refractivity contribution < 1.29 is 23.8 Å². The number of halogens is 1. The zero-order valence-corrected chi connectivity index (χ0v) is 19.3. The van der Waals surface area contributed by atoms with Crippen LogP contribution in [0.1, 0.15) is 49.4 Å². The Labute approximate surface area is 198 Å². The molecule has 34 heavy (non-hydrogen) atoms. The zero-order chi connectivity index (χ0) is 24.4. The third-order valence-electron chi connectivity index (χ3n) is 5.88. The van der Waals surface area contributed by atoms with Gasteiger partial charge in [0.15, 0.2) is 0 Å². The first kappa shape index (κ1) is 23.2. The maximum atomic E-state index is 15.0. The Morgan fingerprint density at radius 1 is 1.03 bits per heavy atom. The lowest BCUT2D eigenvalue weighted by atomic mass is 9.93. The van der Waals surface area contributed by atoms with E-state index in [-0.39, 0.29) is 22.8 Å². The number of ether oxygens (including phenoxy) is 1. The lowest BCUT2D eigenvalue weighted by molar-refractivity contribution is -0.132. The molecular weight excluding hydrogens is 433 g/mol. The van der Waals surface area contributed by atoms with Gasteiger partial charge in [0.05, 0.1) is 18.2 Å². The molecule has 3 aromatic rings. The van der Waals surface area contributed by atoms with Crippen molar-refractivity contribution in [1.29, 1.82) is 0 Å². The molecule has 0 radical (unpaired) electrons. The first-order valence-corrected chi connectivity index (χ1v) is 11.2. The van der Waals surface area contributed by atoms with E-state index in [1.54, 1.807) is 54.6 Å². The highest BCUT2D eigenvalue weighted by Gasteiger charge is 2.47. The second kappa shape index (κ2) is 9.51. The Bertz CT molecular complexity index is 1270. The maximum Gasteiger partial charge on any atom is 0.300 e. The van der Waals surface area contributed by atoms with E-state index < -0.39 is 23.5 Å². The molecule has 0 aromatic heterocycles. The quantitative estimate of drug-likeness (QED) is 0.280. The van der Waals surface area contributed by atoms with Gasteiger partial charge in [0.2, 0.25) is 0 Å². The molecule has 1 saturated heterocycles.